The smallest absolute Gasteiger partial charge is 0.270 e. The van der Waals surface area contributed by atoms with Crippen LogP contribution in [-0.2, 0) is 6.54 Å². The lowest BCUT2D eigenvalue weighted by molar-refractivity contribution is 0.0945. The molecule has 0 aliphatic rings. The zero-order chi connectivity index (χ0) is 19.2. The number of benzene rings is 2. The topological polar surface area (TPSA) is 76.1 Å². The molecule has 6 nitrogen and oxygen atoms in total. The van der Waals surface area contributed by atoms with E-state index in [1.807, 2.05) is 0 Å². The molecule has 1 amide bonds. The summed E-state index contributed by atoms with van der Waals surface area (Å²) < 4.78 is 18.7. The number of aromatic nitrogens is 2. The average molecular weight is 387 g/mol. The number of carbonyl (C=O) groups excluding carboxylic acids is 1. The van der Waals surface area contributed by atoms with E-state index < -0.39 is 5.91 Å². The predicted octanol–water partition coefficient (Wildman–Crippen LogP) is 3.95. The average Bonchev–Trinajstić information content (AvgIpc) is 2.67. The second-order valence-corrected chi connectivity index (χ2v) is 5.94. The number of carbonyl (C=O) groups is 1. The lowest BCUT2D eigenvalue weighted by Crippen LogP contribution is -2.24. The van der Waals surface area contributed by atoms with E-state index in [1.165, 1.54) is 25.6 Å². The van der Waals surface area contributed by atoms with E-state index in [0.717, 1.165) is 0 Å². The third kappa shape index (κ3) is 4.71. The highest BCUT2D eigenvalue weighted by Gasteiger charge is 2.10. The van der Waals surface area contributed by atoms with E-state index in [1.54, 1.807) is 36.4 Å². The molecule has 3 rings (SSSR count). The quantitative estimate of drug-likeness (QED) is 0.670. The number of halogens is 2. The van der Waals surface area contributed by atoms with Crippen LogP contribution >= 0.6 is 11.6 Å². The molecular formula is C19H16ClFN4O2. The number of anilines is 2. The summed E-state index contributed by atoms with van der Waals surface area (Å²) in [7, 11) is 1.53. The summed E-state index contributed by atoms with van der Waals surface area (Å²) in [6.07, 6.45) is 1.27. The van der Waals surface area contributed by atoms with Crippen LogP contribution in [0.2, 0.25) is 5.02 Å². The van der Waals surface area contributed by atoms with Gasteiger partial charge in [-0.25, -0.2) is 14.4 Å². The standard InChI is InChI=1S/C19H16ClFN4O2/c1-27-17-7-6-13(8-14(17)20)25-18-9-16(23-11-24-18)19(26)22-10-12-4-2-3-5-15(12)21/h2-9,11H,10H2,1H3,(H,22,26)(H,23,24,25). The summed E-state index contributed by atoms with van der Waals surface area (Å²) in [5.74, 6) is 0.163. The Labute approximate surface area is 160 Å². The normalized spacial score (nSPS) is 10.3. The van der Waals surface area contributed by atoms with E-state index >= 15 is 0 Å². The van der Waals surface area contributed by atoms with Crippen LogP contribution in [0.25, 0.3) is 0 Å². The maximum absolute atomic E-state index is 13.6. The maximum Gasteiger partial charge on any atom is 0.270 e. The van der Waals surface area contributed by atoms with Crippen LogP contribution in [0.3, 0.4) is 0 Å². The maximum atomic E-state index is 13.6. The molecule has 0 fully saturated rings. The summed E-state index contributed by atoms with van der Waals surface area (Å²) in [6.45, 7) is 0.0619. The fourth-order valence-electron chi connectivity index (χ4n) is 2.35. The van der Waals surface area contributed by atoms with Crippen molar-refractivity contribution in [1.29, 1.82) is 0 Å². The van der Waals surface area contributed by atoms with Gasteiger partial charge >= 0.3 is 0 Å². The van der Waals surface area contributed by atoms with E-state index in [9.17, 15) is 9.18 Å². The minimum atomic E-state index is -0.434. The molecule has 138 valence electrons. The first kappa shape index (κ1) is 18.6. The molecule has 0 bridgehead atoms. The molecule has 0 unspecified atom stereocenters. The summed E-state index contributed by atoms with van der Waals surface area (Å²) >= 11 is 6.10. The number of rotatable bonds is 6. The first-order valence-corrected chi connectivity index (χ1v) is 8.39. The molecule has 8 heteroatoms. The second kappa shape index (κ2) is 8.46. The van der Waals surface area contributed by atoms with Crippen molar-refractivity contribution >= 4 is 29.0 Å². The fraction of sp³-hybridized carbons (Fsp3) is 0.105. The summed E-state index contributed by atoms with van der Waals surface area (Å²) in [5.41, 5.74) is 1.23. The first-order valence-electron chi connectivity index (χ1n) is 8.01. The van der Waals surface area contributed by atoms with Gasteiger partial charge in [-0.05, 0) is 24.3 Å². The molecule has 3 aromatic rings. The molecule has 0 aliphatic heterocycles. The lowest BCUT2D eigenvalue weighted by Gasteiger charge is -2.09. The first-order chi connectivity index (χ1) is 13.1. The van der Waals surface area contributed by atoms with Crippen molar-refractivity contribution in [3.8, 4) is 5.75 Å². The largest absolute Gasteiger partial charge is 0.495 e. The third-order valence-corrected chi connectivity index (χ3v) is 4.02. The number of methoxy groups -OCH3 is 1. The van der Waals surface area contributed by atoms with E-state index in [0.29, 0.717) is 27.8 Å². The van der Waals surface area contributed by atoms with Crippen molar-refractivity contribution in [2.75, 3.05) is 12.4 Å². The van der Waals surface area contributed by atoms with Gasteiger partial charge in [-0.1, -0.05) is 29.8 Å². The van der Waals surface area contributed by atoms with Crippen LogP contribution in [0.1, 0.15) is 16.1 Å². The van der Waals surface area contributed by atoms with Gasteiger partial charge in [0.05, 0.1) is 12.1 Å². The number of hydrogen-bond donors (Lipinski definition) is 2. The van der Waals surface area contributed by atoms with Crippen LogP contribution in [-0.4, -0.2) is 23.0 Å². The van der Waals surface area contributed by atoms with Gasteiger partial charge in [0.2, 0.25) is 0 Å². The molecule has 27 heavy (non-hydrogen) atoms. The molecule has 0 spiro atoms. The van der Waals surface area contributed by atoms with Crippen molar-refractivity contribution in [3.63, 3.8) is 0 Å². The number of nitrogens with zero attached hydrogens (tertiary/aromatic N) is 2. The van der Waals surface area contributed by atoms with Gasteiger partial charge < -0.3 is 15.4 Å². The van der Waals surface area contributed by atoms with Gasteiger partial charge in [0, 0.05) is 23.9 Å². The van der Waals surface area contributed by atoms with Gasteiger partial charge in [0.25, 0.3) is 5.91 Å². The molecule has 0 saturated heterocycles. The number of ether oxygens (including phenoxy) is 1. The Kier molecular flexibility index (Phi) is 5.83. The van der Waals surface area contributed by atoms with Crippen molar-refractivity contribution < 1.29 is 13.9 Å². The Morgan fingerprint density at radius 1 is 1.19 bits per heavy atom. The predicted molar refractivity (Wildman–Crippen MR) is 101 cm³/mol. The number of hydrogen-bond acceptors (Lipinski definition) is 5. The second-order valence-electron chi connectivity index (χ2n) is 5.54. The van der Waals surface area contributed by atoms with Crippen LogP contribution in [0, 0.1) is 5.82 Å². The van der Waals surface area contributed by atoms with Crippen LogP contribution < -0.4 is 15.4 Å². The van der Waals surface area contributed by atoms with E-state index in [-0.39, 0.29) is 18.1 Å². The minimum Gasteiger partial charge on any atom is -0.495 e. The molecule has 0 atom stereocenters. The van der Waals surface area contributed by atoms with Gasteiger partial charge in [-0.3, -0.25) is 4.79 Å². The van der Waals surface area contributed by atoms with Gasteiger partial charge in [0.1, 0.15) is 29.4 Å². The highest BCUT2D eigenvalue weighted by atomic mass is 35.5. The van der Waals surface area contributed by atoms with Crippen molar-refractivity contribution in [1.82, 2.24) is 15.3 Å². The van der Waals surface area contributed by atoms with Crippen molar-refractivity contribution in [3.05, 3.63) is 77.0 Å². The summed E-state index contributed by atoms with van der Waals surface area (Å²) in [6, 6.07) is 12.9. The van der Waals surface area contributed by atoms with Gasteiger partial charge in [-0.2, -0.15) is 0 Å². The van der Waals surface area contributed by atoms with Crippen molar-refractivity contribution in [2.45, 2.75) is 6.54 Å². The highest BCUT2D eigenvalue weighted by molar-refractivity contribution is 6.32. The fourth-order valence-corrected chi connectivity index (χ4v) is 2.61. The Balaban J connectivity index is 1.68. The number of amides is 1. The van der Waals surface area contributed by atoms with E-state index in [2.05, 4.69) is 20.6 Å². The molecule has 2 aromatic carbocycles. The molecule has 0 saturated carbocycles. The van der Waals surface area contributed by atoms with Crippen LogP contribution in [0.4, 0.5) is 15.9 Å². The highest BCUT2D eigenvalue weighted by Crippen LogP contribution is 2.28. The van der Waals surface area contributed by atoms with Crippen LogP contribution in [0.15, 0.2) is 54.9 Å². The molecule has 1 aromatic heterocycles. The summed E-state index contributed by atoms with van der Waals surface area (Å²) in [5, 5.41) is 6.12. The van der Waals surface area contributed by atoms with Gasteiger partial charge in [-0.15, -0.1) is 0 Å². The number of nitrogens with one attached hydrogen (secondary N) is 2. The molecular weight excluding hydrogens is 371 g/mol. The van der Waals surface area contributed by atoms with Crippen molar-refractivity contribution in [2.24, 2.45) is 0 Å². The Morgan fingerprint density at radius 3 is 2.74 bits per heavy atom. The monoisotopic (exact) mass is 386 g/mol. The molecule has 0 radical (unpaired) electrons. The SMILES string of the molecule is COc1ccc(Nc2cc(C(=O)NCc3ccccc3F)ncn2)cc1Cl. The third-order valence-electron chi connectivity index (χ3n) is 3.72. The molecule has 2 N–H and O–H groups in total. The zero-order valence-electron chi connectivity index (χ0n) is 14.4. The Morgan fingerprint density at radius 2 is 2.00 bits per heavy atom. The minimum absolute atomic E-state index is 0.0619. The molecule has 1 heterocycles. The van der Waals surface area contributed by atoms with Gasteiger partial charge in [0.15, 0.2) is 0 Å². The molecule has 0 aliphatic carbocycles. The zero-order valence-corrected chi connectivity index (χ0v) is 15.1. The lowest BCUT2D eigenvalue weighted by atomic mass is 10.2. The Bertz CT molecular complexity index is 968. The summed E-state index contributed by atoms with van der Waals surface area (Å²) in [4.78, 5) is 20.3. The Hall–Kier alpha value is -3.19. The van der Waals surface area contributed by atoms with E-state index in [4.69, 9.17) is 16.3 Å². The van der Waals surface area contributed by atoms with Crippen LogP contribution in [0.5, 0.6) is 5.75 Å².